The van der Waals surface area contributed by atoms with E-state index in [0.717, 1.165) is 4.90 Å². The Bertz CT molecular complexity index is 463. The molecule has 0 aromatic heterocycles. The summed E-state index contributed by atoms with van der Waals surface area (Å²) >= 11 is 1.40. The zero-order valence-electron chi connectivity index (χ0n) is 10.4. The lowest BCUT2D eigenvalue weighted by Gasteiger charge is -2.20. The van der Waals surface area contributed by atoms with Gasteiger partial charge < -0.3 is 20.1 Å². The predicted octanol–water partition coefficient (Wildman–Crippen LogP) is 1.22. The highest BCUT2D eigenvalue weighted by atomic mass is 32.2. The molecule has 0 fully saturated rings. The zero-order chi connectivity index (χ0) is 13.1. The first kappa shape index (κ1) is 12.9. The van der Waals surface area contributed by atoms with Gasteiger partial charge in [-0.15, -0.1) is 11.8 Å². The number of nitrogens with two attached hydrogens (primary N) is 1. The topological polar surface area (TPSA) is 64.8 Å². The number of carbonyl (C=O) groups is 1. The summed E-state index contributed by atoms with van der Waals surface area (Å²) < 4.78 is 10.9. The van der Waals surface area contributed by atoms with Crippen molar-refractivity contribution in [2.75, 3.05) is 38.8 Å². The van der Waals surface area contributed by atoms with E-state index in [1.165, 1.54) is 11.8 Å². The first-order chi connectivity index (χ1) is 8.58. The Morgan fingerprint density at radius 1 is 1.33 bits per heavy atom. The third kappa shape index (κ3) is 2.81. The van der Waals surface area contributed by atoms with Gasteiger partial charge in [0.15, 0.2) is 11.5 Å². The number of hydrogen-bond donors (Lipinski definition) is 1. The van der Waals surface area contributed by atoms with E-state index in [0.29, 0.717) is 36.2 Å². The van der Waals surface area contributed by atoms with Crippen molar-refractivity contribution in [2.24, 2.45) is 0 Å². The van der Waals surface area contributed by atoms with Gasteiger partial charge in [-0.3, -0.25) is 4.79 Å². The van der Waals surface area contributed by atoms with Crippen LogP contribution < -0.4 is 15.2 Å². The van der Waals surface area contributed by atoms with Crippen LogP contribution in [0.5, 0.6) is 11.5 Å². The Labute approximate surface area is 110 Å². The highest BCUT2D eigenvalue weighted by Crippen LogP contribution is 2.38. The molecule has 0 saturated carbocycles. The molecule has 0 spiro atoms. The van der Waals surface area contributed by atoms with E-state index in [1.807, 2.05) is 6.07 Å². The Balaban J connectivity index is 2.11. The SMILES string of the molecule is CN(C)C(=O)CSc1cc2c(cc1N)OCCO2. The maximum absolute atomic E-state index is 11.5. The largest absolute Gasteiger partial charge is 0.486 e. The smallest absolute Gasteiger partial charge is 0.232 e. The summed E-state index contributed by atoms with van der Waals surface area (Å²) in [4.78, 5) is 13.9. The summed E-state index contributed by atoms with van der Waals surface area (Å²) in [5, 5.41) is 0. The number of fused-ring (bicyclic) bond motifs is 1. The molecule has 18 heavy (non-hydrogen) atoms. The van der Waals surface area contributed by atoms with Gasteiger partial charge in [-0.2, -0.15) is 0 Å². The highest BCUT2D eigenvalue weighted by molar-refractivity contribution is 8.00. The molecule has 1 aliphatic heterocycles. The third-order valence-corrected chi connectivity index (χ3v) is 3.58. The van der Waals surface area contributed by atoms with E-state index in [9.17, 15) is 4.79 Å². The van der Waals surface area contributed by atoms with Crippen molar-refractivity contribution in [2.45, 2.75) is 4.90 Å². The number of nitrogens with zero attached hydrogens (tertiary/aromatic N) is 1. The van der Waals surface area contributed by atoms with Crippen molar-refractivity contribution in [3.63, 3.8) is 0 Å². The number of ether oxygens (including phenoxy) is 2. The third-order valence-electron chi connectivity index (χ3n) is 2.52. The zero-order valence-corrected chi connectivity index (χ0v) is 11.3. The summed E-state index contributed by atoms with van der Waals surface area (Å²) in [6.07, 6.45) is 0. The quantitative estimate of drug-likeness (QED) is 0.659. The van der Waals surface area contributed by atoms with Crippen LogP contribution >= 0.6 is 11.8 Å². The maximum atomic E-state index is 11.5. The Hall–Kier alpha value is -1.56. The minimum absolute atomic E-state index is 0.0503. The minimum Gasteiger partial charge on any atom is -0.486 e. The Morgan fingerprint density at radius 2 is 1.94 bits per heavy atom. The number of nitrogen functional groups attached to an aromatic ring is 1. The molecule has 0 unspecified atom stereocenters. The summed E-state index contributed by atoms with van der Waals surface area (Å²) in [5.41, 5.74) is 6.53. The van der Waals surface area contributed by atoms with Gasteiger partial charge >= 0.3 is 0 Å². The molecule has 1 aromatic rings. The van der Waals surface area contributed by atoms with Crippen LogP contribution in [0.1, 0.15) is 0 Å². The predicted molar refractivity (Wildman–Crippen MR) is 71.3 cm³/mol. The molecule has 0 radical (unpaired) electrons. The molecule has 6 heteroatoms. The summed E-state index contributed by atoms with van der Waals surface area (Å²) in [5.74, 6) is 1.77. The van der Waals surface area contributed by atoms with Crippen LogP contribution in [0.15, 0.2) is 17.0 Å². The molecular formula is C12H16N2O3S. The Kier molecular flexibility index (Phi) is 3.86. The van der Waals surface area contributed by atoms with Crippen LogP contribution in [-0.4, -0.2) is 43.9 Å². The standard InChI is InChI=1S/C12H16N2O3S/c1-14(2)12(15)7-18-11-6-10-9(5-8(11)13)16-3-4-17-10/h5-6H,3-4,7,13H2,1-2H3. The molecular weight excluding hydrogens is 252 g/mol. The van der Waals surface area contributed by atoms with E-state index in [2.05, 4.69) is 0 Å². The molecule has 1 amide bonds. The second-order valence-corrected chi connectivity index (χ2v) is 5.13. The van der Waals surface area contributed by atoms with Gasteiger partial charge in [0, 0.05) is 30.7 Å². The van der Waals surface area contributed by atoms with Crippen molar-refractivity contribution in [3.8, 4) is 11.5 Å². The monoisotopic (exact) mass is 268 g/mol. The number of hydrogen-bond acceptors (Lipinski definition) is 5. The Morgan fingerprint density at radius 3 is 2.56 bits per heavy atom. The van der Waals surface area contributed by atoms with Gasteiger partial charge in [0.05, 0.1) is 5.75 Å². The first-order valence-electron chi connectivity index (χ1n) is 5.60. The van der Waals surface area contributed by atoms with Crippen molar-refractivity contribution >= 4 is 23.4 Å². The van der Waals surface area contributed by atoms with Crippen molar-refractivity contribution < 1.29 is 14.3 Å². The minimum atomic E-state index is 0.0503. The fourth-order valence-electron chi connectivity index (χ4n) is 1.48. The number of anilines is 1. The van der Waals surface area contributed by atoms with Crippen LogP contribution in [0.2, 0.25) is 0 Å². The van der Waals surface area contributed by atoms with E-state index in [1.54, 1.807) is 25.1 Å². The summed E-state index contributed by atoms with van der Waals surface area (Å²) in [6.45, 7) is 1.08. The lowest BCUT2D eigenvalue weighted by molar-refractivity contribution is -0.125. The van der Waals surface area contributed by atoms with Crippen LogP contribution in [0.25, 0.3) is 0 Å². The van der Waals surface area contributed by atoms with Crippen LogP contribution in [0.3, 0.4) is 0 Å². The molecule has 1 aromatic carbocycles. The van der Waals surface area contributed by atoms with Gasteiger partial charge in [-0.25, -0.2) is 0 Å². The molecule has 2 rings (SSSR count). The molecule has 0 bridgehead atoms. The summed E-state index contributed by atoms with van der Waals surface area (Å²) in [6, 6.07) is 3.58. The molecule has 1 heterocycles. The first-order valence-corrected chi connectivity index (χ1v) is 6.58. The molecule has 0 atom stereocenters. The van der Waals surface area contributed by atoms with Gasteiger partial charge in [0.2, 0.25) is 5.91 Å². The lowest BCUT2D eigenvalue weighted by atomic mass is 10.2. The summed E-state index contributed by atoms with van der Waals surface area (Å²) in [7, 11) is 3.46. The van der Waals surface area contributed by atoms with Crippen LogP contribution in [0.4, 0.5) is 5.69 Å². The van der Waals surface area contributed by atoms with Crippen molar-refractivity contribution in [1.82, 2.24) is 4.90 Å². The van der Waals surface area contributed by atoms with E-state index in [4.69, 9.17) is 15.2 Å². The molecule has 1 aliphatic rings. The number of thioether (sulfide) groups is 1. The second kappa shape index (κ2) is 5.39. The number of amides is 1. The number of carbonyl (C=O) groups excluding carboxylic acids is 1. The maximum Gasteiger partial charge on any atom is 0.232 e. The van der Waals surface area contributed by atoms with Crippen molar-refractivity contribution in [3.05, 3.63) is 12.1 Å². The average molecular weight is 268 g/mol. The van der Waals surface area contributed by atoms with E-state index < -0.39 is 0 Å². The number of benzene rings is 1. The molecule has 2 N–H and O–H groups in total. The van der Waals surface area contributed by atoms with Gasteiger partial charge in [0.1, 0.15) is 13.2 Å². The van der Waals surface area contributed by atoms with Gasteiger partial charge in [0.25, 0.3) is 0 Å². The van der Waals surface area contributed by atoms with Crippen LogP contribution in [0, 0.1) is 0 Å². The fourth-order valence-corrected chi connectivity index (χ4v) is 2.43. The highest BCUT2D eigenvalue weighted by Gasteiger charge is 2.15. The van der Waals surface area contributed by atoms with Crippen molar-refractivity contribution in [1.29, 1.82) is 0 Å². The van der Waals surface area contributed by atoms with Gasteiger partial charge in [-0.05, 0) is 6.07 Å². The van der Waals surface area contributed by atoms with E-state index >= 15 is 0 Å². The van der Waals surface area contributed by atoms with Gasteiger partial charge in [-0.1, -0.05) is 0 Å². The molecule has 0 aliphatic carbocycles. The molecule has 5 nitrogen and oxygen atoms in total. The van der Waals surface area contributed by atoms with E-state index in [-0.39, 0.29) is 5.91 Å². The molecule has 98 valence electrons. The second-order valence-electron chi connectivity index (χ2n) is 4.11. The lowest BCUT2D eigenvalue weighted by Crippen LogP contribution is -2.23. The number of rotatable bonds is 3. The normalized spacial score (nSPS) is 13.2. The average Bonchev–Trinajstić information content (AvgIpc) is 2.35. The fraction of sp³-hybridized carbons (Fsp3) is 0.417. The van der Waals surface area contributed by atoms with Crippen LogP contribution in [-0.2, 0) is 4.79 Å². The molecule has 0 saturated heterocycles.